The van der Waals surface area contributed by atoms with Gasteiger partial charge in [0, 0.05) is 27.4 Å². The molecule has 4 nitrogen and oxygen atoms in total. The molecule has 0 N–H and O–H groups in total. The van der Waals surface area contributed by atoms with Crippen molar-refractivity contribution in [1.29, 1.82) is 10.5 Å². The second-order valence-corrected chi connectivity index (χ2v) is 9.86. The van der Waals surface area contributed by atoms with Gasteiger partial charge in [-0.25, -0.2) is 8.78 Å². The van der Waals surface area contributed by atoms with Gasteiger partial charge in [-0.2, -0.15) is 10.5 Å². The molecule has 0 radical (unpaired) electrons. The Hall–Kier alpha value is -4.52. The molecule has 1 fully saturated rings. The van der Waals surface area contributed by atoms with Crippen LogP contribution in [0.4, 0.5) is 14.5 Å². The fourth-order valence-corrected chi connectivity index (χ4v) is 6.23. The van der Waals surface area contributed by atoms with E-state index < -0.39 is 40.8 Å². The molecule has 2 aliphatic heterocycles. The second-order valence-electron chi connectivity index (χ2n) is 9.45. The molecule has 38 heavy (non-hydrogen) atoms. The summed E-state index contributed by atoms with van der Waals surface area (Å²) >= 11 is 6.51. The number of hydrogen-bond acceptors (Lipinski definition) is 4. The lowest BCUT2D eigenvalue weighted by molar-refractivity contribution is 0.0950. The summed E-state index contributed by atoms with van der Waals surface area (Å²) in [6.07, 6.45) is 3.59. The summed E-state index contributed by atoms with van der Waals surface area (Å²) in [7, 11) is 0. The highest BCUT2D eigenvalue weighted by Gasteiger charge is 2.64. The van der Waals surface area contributed by atoms with Crippen molar-refractivity contribution in [3.05, 3.63) is 118 Å². The van der Waals surface area contributed by atoms with E-state index in [0.29, 0.717) is 5.69 Å². The largest absolute Gasteiger partial charge is 0.351 e. The Morgan fingerprint density at radius 3 is 2.37 bits per heavy atom. The monoisotopic (exact) mass is 521 g/mol. The predicted molar refractivity (Wildman–Crippen MR) is 142 cm³/mol. The SMILES string of the molecule is N#CC1(C#N)[C@H](c2c(F)cccc2Cl)[C@@H](C(=O)c2ccc(F)cc2)N2c3ccc4ccccc4c3C=C[C@@H]21. The Labute approximate surface area is 222 Å². The molecule has 0 aromatic heterocycles. The normalized spacial score (nSPS) is 20.9. The molecule has 0 bridgehead atoms. The third-order valence-corrected chi connectivity index (χ3v) is 7.95. The lowest BCUT2D eigenvalue weighted by atomic mass is 9.69. The van der Waals surface area contributed by atoms with Gasteiger partial charge in [0.05, 0.1) is 24.1 Å². The number of halogens is 3. The van der Waals surface area contributed by atoms with Crippen LogP contribution in [0.25, 0.3) is 16.8 Å². The first-order valence-corrected chi connectivity index (χ1v) is 12.3. The molecule has 0 amide bonds. The van der Waals surface area contributed by atoms with Gasteiger partial charge in [-0.1, -0.05) is 60.2 Å². The molecule has 1 saturated heterocycles. The summed E-state index contributed by atoms with van der Waals surface area (Å²) in [6.45, 7) is 0. The first kappa shape index (κ1) is 23.9. The van der Waals surface area contributed by atoms with Crippen LogP contribution < -0.4 is 4.90 Å². The van der Waals surface area contributed by atoms with Crippen LogP contribution in [-0.2, 0) is 0 Å². The van der Waals surface area contributed by atoms with Crippen molar-refractivity contribution < 1.29 is 13.6 Å². The van der Waals surface area contributed by atoms with Crippen LogP contribution in [0.5, 0.6) is 0 Å². The molecule has 7 heteroatoms. The molecule has 2 aliphatic rings. The average Bonchev–Trinajstić information content (AvgIpc) is 3.23. The third-order valence-electron chi connectivity index (χ3n) is 7.62. The molecule has 4 aromatic carbocycles. The van der Waals surface area contributed by atoms with Crippen molar-refractivity contribution in [3.8, 4) is 12.1 Å². The smallest absolute Gasteiger partial charge is 0.185 e. The second kappa shape index (κ2) is 8.80. The van der Waals surface area contributed by atoms with Gasteiger partial charge in [0.15, 0.2) is 11.2 Å². The lowest BCUT2D eigenvalue weighted by Crippen LogP contribution is -2.44. The number of nitrogens with zero attached hydrogens (tertiary/aromatic N) is 3. The van der Waals surface area contributed by atoms with E-state index in [-0.39, 0.29) is 16.1 Å². The number of carbonyl (C=O) groups is 1. The number of rotatable bonds is 3. The van der Waals surface area contributed by atoms with Gasteiger partial charge < -0.3 is 4.90 Å². The standard InChI is InChI=1S/C31H18ClF2N3O/c32-23-6-3-7-24(34)27(23)28-29(30(38)19-8-11-20(33)12-9-19)37-25-14-10-18-4-1-2-5-21(18)22(25)13-15-26(37)31(28,16-35)17-36/h1-15,26,28-29H/t26-,28-,29+/m1/s1. The van der Waals surface area contributed by atoms with Gasteiger partial charge in [0.25, 0.3) is 0 Å². The molecular weight excluding hydrogens is 504 g/mol. The Kier molecular flexibility index (Phi) is 5.52. The van der Waals surface area contributed by atoms with Crippen molar-refractivity contribution in [2.24, 2.45) is 5.41 Å². The minimum absolute atomic E-state index is 0.0179. The van der Waals surface area contributed by atoms with Gasteiger partial charge >= 0.3 is 0 Å². The Morgan fingerprint density at radius 1 is 0.921 bits per heavy atom. The Balaban J connectivity index is 1.67. The zero-order chi connectivity index (χ0) is 26.6. The van der Waals surface area contributed by atoms with Gasteiger partial charge in [-0.15, -0.1) is 0 Å². The van der Waals surface area contributed by atoms with E-state index in [9.17, 15) is 19.7 Å². The van der Waals surface area contributed by atoms with Gasteiger partial charge in [0.2, 0.25) is 0 Å². The number of fused-ring (bicyclic) bond motifs is 5. The van der Waals surface area contributed by atoms with E-state index in [1.165, 1.54) is 42.5 Å². The first-order valence-electron chi connectivity index (χ1n) is 12.0. The maximum absolute atomic E-state index is 15.5. The number of anilines is 1. The highest BCUT2D eigenvalue weighted by Crippen LogP contribution is 2.57. The number of carbonyl (C=O) groups excluding carboxylic acids is 1. The minimum atomic E-state index is -1.86. The summed E-state index contributed by atoms with van der Waals surface area (Å²) in [4.78, 5) is 16.0. The molecule has 0 unspecified atom stereocenters. The number of nitriles is 2. The zero-order valence-electron chi connectivity index (χ0n) is 19.8. The van der Waals surface area contributed by atoms with Crippen LogP contribution in [0.2, 0.25) is 5.02 Å². The number of hydrogen-bond donors (Lipinski definition) is 0. The predicted octanol–water partition coefficient (Wildman–Crippen LogP) is 7.06. The van der Waals surface area contributed by atoms with E-state index in [4.69, 9.17) is 11.6 Å². The number of ketones is 1. The fraction of sp³-hybridized carbons (Fsp3) is 0.129. The maximum Gasteiger partial charge on any atom is 0.185 e. The average molecular weight is 522 g/mol. The van der Waals surface area contributed by atoms with Crippen molar-refractivity contribution in [1.82, 2.24) is 0 Å². The molecule has 0 aliphatic carbocycles. The van der Waals surface area contributed by atoms with E-state index in [2.05, 4.69) is 12.1 Å². The fourth-order valence-electron chi connectivity index (χ4n) is 5.95. The summed E-state index contributed by atoms with van der Waals surface area (Å²) in [5, 5.41) is 23.0. The van der Waals surface area contributed by atoms with Gasteiger partial charge in [-0.3, -0.25) is 4.79 Å². The molecule has 184 valence electrons. The quantitative estimate of drug-likeness (QED) is 0.271. The summed E-state index contributed by atoms with van der Waals surface area (Å²) < 4.78 is 29.2. The van der Waals surface area contributed by atoms with Gasteiger partial charge in [0.1, 0.15) is 17.7 Å². The van der Waals surface area contributed by atoms with Gasteiger partial charge in [-0.05, 0) is 53.2 Å². The van der Waals surface area contributed by atoms with Crippen LogP contribution in [0.15, 0.2) is 84.9 Å². The molecular formula is C31H18ClF2N3O. The number of Topliss-reactive ketones (excluding diaryl/α,β-unsaturated/α-hetero) is 1. The third kappa shape index (κ3) is 3.28. The van der Waals surface area contributed by atoms with E-state index in [0.717, 1.165) is 16.3 Å². The summed E-state index contributed by atoms with van der Waals surface area (Å²) in [5.41, 5.74) is -0.284. The van der Waals surface area contributed by atoms with Crippen LogP contribution in [0, 0.1) is 39.7 Å². The van der Waals surface area contributed by atoms with E-state index in [1.807, 2.05) is 42.5 Å². The van der Waals surface area contributed by atoms with Crippen LogP contribution >= 0.6 is 11.6 Å². The highest BCUT2D eigenvalue weighted by molar-refractivity contribution is 6.31. The van der Waals surface area contributed by atoms with Crippen LogP contribution in [0.1, 0.15) is 27.4 Å². The van der Waals surface area contributed by atoms with Crippen molar-refractivity contribution in [2.75, 3.05) is 4.90 Å². The van der Waals surface area contributed by atoms with Crippen molar-refractivity contribution in [3.63, 3.8) is 0 Å². The van der Waals surface area contributed by atoms with E-state index >= 15 is 4.39 Å². The number of benzene rings is 4. The molecule has 0 spiro atoms. The highest BCUT2D eigenvalue weighted by atomic mass is 35.5. The van der Waals surface area contributed by atoms with E-state index in [1.54, 1.807) is 11.0 Å². The van der Waals surface area contributed by atoms with Crippen LogP contribution in [-0.4, -0.2) is 17.9 Å². The Morgan fingerprint density at radius 2 is 1.66 bits per heavy atom. The lowest BCUT2D eigenvalue weighted by Gasteiger charge is -2.36. The maximum atomic E-state index is 15.5. The molecule has 6 rings (SSSR count). The summed E-state index contributed by atoms with van der Waals surface area (Å²) in [5.74, 6) is -2.94. The first-order chi connectivity index (χ1) is 18.4. The minimum Gasteiger partial charge on any atom is -0.351 e. The topological polar surface area (TPSA) is 67.9 Å². The molecule has 3 atom stereocenters. The molecule has 2 heterocycles. The van der Waals surface area contributed by atoms with Crippen molar-refractivity contribution in [2.45, 2.75) is 18.0 Å². The molecule has 4 aromatic rings. The Bertz CT molecular complexity index is 1700. The zero-order valence-corrected chi connectivity index (χ0v) is 20.5. The summed E-state index contributed by atoms with van der Waals surface area (Å²) in [6, 6.07) is 22.9. The van der Waals surface area contributed by atoms with Crippen LogP contribution in [0.3, 0.4) is 0 Å². The molecule has 0 saturated carbocycles. The van der Waals surface area contributed by atoms with Crippen molar-refractivity contribution >= 4 is 39.9 Å².